The van der Waals surface area contributed by atoms with E-state index in [1.165, 1.54) is 4.90 Å². The van der Waals surface area contributed by atoms with E-state index in [-0.39, 0.29) is 17.8 Å². The first-order valence-corrected chi connectivity index (χ1v) is 7.83. The third-order valence-electron chi connectivity index (χ3n) is 4.09. The molecule has 1 aliphatic heterocycles. The zero-order valence-corrected chi connectivity index (χ0v) is 13.7. The minimum Gasteiger partial charge on any atom is -0.465 e. The summed E-state index contributed by atoms with van der Waals surface area (Å²) in [5.41, 5.74) is 6.66. The van der Waals surface area contributed by atoms with Crippen LogP contribution >= 0.6 is 0 Å². The maximum Gasteiger partial charge on any atom is 0.407 e. The molecule has 0 saturated carbocycles. The number of hydrogen-bond donors (Lipinski definition) is 4. The summed E-state index contributed by atoms with van der Waals surface area (Å²) in [4.78, 5) is 26.6. The van der Waals surface area contributed by atoms with Gasteiger partial charge in [-0.1, -0.05) is 0 Å². The molecule has 5 N–H and O–H groups in total. The van der Waals surface area contributed by atoms with E-state index in [9.17, 15) is 9.59 Å². The van der Waals surface area contributed by atoms with Gasteiger partial charge in [-0.15, -0.1) is 0 Å². The summed E-state index contributed by atoms with van der Waals surface area (Å²) in [6.07, 6.45) is -0.553. The average Bonchev–Trinajstić information content (AvgIpc) is 2.53. The Morgan fingerprint density at radius 2 is 2.00 bits per heavy atom. The Hall–Kier alpha value is -2.61. The van der Waals surface area contributed by atoms with Crippen LogP contribution in [-0.2, 0) is 4.79 Å². The van der Waals surface area contributed by atoms with E-state index in [0.717, 1.165) is 0 Å². The molecular formula is C16H23N5O3. The number of nitrogens with two attached hydrogens (primary N) is 1. The maximum absolute atomic E-state index is 12.0. The van der Waals surface area contributed by atoms with Gasteiger partial charge in [-0.2, -0.15) is 0 Å². The van der Waals surface area contributed by atoms with Crippen molar-refractivity contribution in [3.8, 4) is 0 Å². The van der Waals surface area contributed by atoms with Gasteiger partial charge in [0.1, 0.15) is 5.84 Å². The molecule has 130 valence electrons. The van der Waals surface area contributed by atoms with Crippen LogP contribution < -0.4 is 11.1 Å². The molecule has 1 saturated heterocycles. The number of anilines is 1. The summed E-state index contributed by atoms with van der Waals surface area (Å²) in [6.45, 7) is 4.20. The fraction of sp³-hybridized carbons (Fsp3) is 0.438. The van der Waals surface area contributed by atoms with E-state index >= 15 is 0 Å². The van der Waals surface area contributed by atoms with Crippen LogP contribution in [0.3, 0.4) is 0 Å². The van der Waals surface area contributed by atoms with Crippen molar-refractivity contribution in [1.82, 2.24) is 9.80 Å². The first-order valence-electron chi connectivity index (χ1n) is 7.83. The Morgan fingerprint density at radius 3 is 2.54 bits per heavy atom. The van der Waals surface area contributed by atoms with Crippen LogP contribution in [0.4, 0.5) is 10.5 Å². The molecule has 0 aliphatic carbocycles. The molecule has 1 atom stereocenters. The number of hydrogen-bond acceptors (Lipinski definition) is 4. The molecule has 2 rings (SSSR count). The largest absolute Gasteiger partial charge is 0.465 e. The standard InChI is InChI=1S/C16H23N5O3/c1-11-10-20(8-9-21(11)16(23)24)7-6-14(22)19-13-4-2-12(3-5-13)15(17)18/h2-5,11H,6-10H2,1H3,(H3,17,18)(H,19,22)(H,23,24). The number of nitrogens with zero attached hydrogens (tertiary/aromatic N) is 2. The number of carboxylic acid groups (broad SMARTS) is 1. The van der Waals surface area contributed by atoms with Crippen LogP contribution in [0.5, 0.6) is 0 Å². The second-order valence-electron chi connectivity index (χ2n) is 5.91. The van der Waals surface area contributed by atoms with Gasteiger partial charge in [0.15, 0.2) is 0 Å². The average molecular weight is 333 g/mol. The van der Waals surface area contributed by atoms with Gasteiger partial charge in [0, 0.05) is 49.9 Å². The van der Waals surface area contributed by atoms with Crippen molar-refractivity contribution in [2.75, 3.05) is 31.5 Å². The van der Waals surface area contributed by atoms with E-state index in [1.807, 2.05) is 6.92 Å². The maximum atomic E-state index is 12.0. The highest BCUT2D eigenvalue weighted by Gasteiger charge is 2.26. The Labute approximate surface area is 140 Å². The van der Waals surface area contributed by atoms with Crippen molar-refractivity contribution in [1.29, 1.82) is 5.41 Å². The van der Waals surface area contributed by atoms with Crippen LogP contribution in [0.2, 0.25) is 0 Å². The number of nitrogens with one attached hydrogen (secondary N) is 2. The monoisotopic (exact) mass is 333 g/mol. The normalized spacial score (nSPS) is 18.2. The summed E-state index contributed by atoms with van der Waals surface area (Å²) >= 11 is 0. The predicted molar refractivity (Wildman–Crippen MR) is 91.3 cm³/mol. The van der Waals surface area contributed by atoms with Crippen molar-refractivity contribution in [3.05, 3.63) is 29.8 Å². The summed E-state index contributed by atoms with van der Waals surface area (Å²) in [5, 5.41) is 19.2. The lowest BCUT2D eigenvalue weighted by Crippen LogP contribution is -2.53. The van der Waals surface area contributed by atoms with Gasteiger partial charge in [-0.05, 0) is 31.2 Å². The van der Waals surface area contributed by atoms with Crippen molar-refractivity contribution in [3.63, 3.8) is 0 Å². The number of benzene rings is 1. The van der Waals surface area contributed by atoms with Gasteiger partial charge in [0.2, 0.25) is 5.91 Å². The molecule has 8 nitrogen and oxygen atoms in total. The zero-order valence-electron chi connectivity index (χ0n) is 13.7. The van der Waals surface area contributed by atoms with Gasteiger partial charge in [0.25, 0.3) is 0 Å². The Balaban J connectivity index is 1.77. The van der Waals surface area contributed by atoms with Crippen molar-refractivity contribution < 1.29 is 14.7 Å². The van der Waals surface area contributed by atoms with Gasteiger partial charge < -0.3 is 21.1 Å². The number of amides is 2. The lowest BCUT2D eigenvalue weighted by molar-refractivity contribution is -0.116. The molecule has 1 aliphatic rings. The zero-order chi connectivity index (χ0) is 17.7. The second kappa shape index (κ2) is 7.78. The number of carbonyl (C=O) groups excluding carboxylic acids is 1. The van der Waals surface area contributed by atoms with Gasteiger partial charge in [0.05, 0.1) is 0 Å². The highest BCUT2D eigenvalue weighted by atomic mass is 16.4. The molecule has 8 heteroatoms. The molecule has 2 amide bonds. The lowest BCUT2D eigenvalue weighted by atomic mass is 10.2. The summed E-state index contributed by atoms with van der Waals surface area (Å²) in [6, 6.07) is 6.72. The number of carbonyl (C=O) groups is 2. The van der Waals surface area contributed by atoms with Gasteiger partial charge >= 0.3 is 6.09 Å². The Morgan fingerprint density at radius 1 is 1.33 bits per heavy atom. The van der Waals surface area contributed by atoms with E-state index in [0.29, 0.717) is 43.9 Å². The Kier molecular flexibility index (Phi) is 5.75. The molecule has 1 unspecified atom stereocenters. The lowest BCUT2D eigenvalue weighted by Gasteiger charge is -2.38. The van der Waals surface area contributed by atoms with Crippen LogP contribution in [0, 0.1) is 5.41 Å². The first-order chi connectivity index (χ1) is 11.4. The van der Waals surface area contributed by atoms with Crippen LogP contribution in [0.15, 0.2) is 24.3 Å². The van der Waals surface area contributed by atoms with Crippen molar-refractivity contribution in [2.24, 2.45) is 5.73 Å². The third kappa shape index (κ3) is 4.69. The summed E-state index contributed by atoms with van der Waals surface area (Å²) in [5.74, 6) is -0.110. The SMILES string of the molecule is CC1CN(CCC(=O)Nc2ccc(C(=N)N)cc2)CCN1C(=O)O. The van der Waals surface area contributed by atoms with Crippen LogP contribution in [0.1, 0.15) is 18.9 Å². The molecule has 0 spiro atoms. The molecule has 1 aromatic carbocycles. The van der Waals surface area contributed by atoms with Crippen LogP contribution in [0.25, 0.3) is 0 Å². The summed E-state index contributed by atoms with van der Waals surface area (Å²) in [7, 11) is 0. The van der Waals surface area contributed by atoms with Gasteiger partial charge in [-0.3, -0.25) is 15.1 Å². The number of nitrogen functional groups attached to an aromatic ring is 1. The molecule has 0 bridgehead atoms. The van der Waals surface area contributed by atoms with Crippen molar-refractivity contribution >= 4 is 23.5 Å². The van der Waals surface area contributed by atoms with E-state index < -0.39 is 6.09 Å². The highest BCUT2D eigenvalue weighted by molar-refractivity contribution is 5.96. The quantitative estimate of drug-likeness (QED) is 0.472. The third-order valence-corrected chi connectivity index (χ3v) is 4.09. The Bertz CT molecular complexity index is 617. The second-order valence-corrected chi connectivity index (χ2v) is 5.91. The molecule has 1 aromatic rings. The van der Waals surface area contributed by atoms with Crippen LogP contribution in [-0.4, -0.2) is 65.0 Å². The number of piperazine rings is 1. The minimum absolute atomic E-state index is 0.0116. The first kappa shape index (κ1) is 17.7. The number of rotatable bonds is 5. The molecule has 0 aromatic heterocycles. The fourth-order valence-corrected chi connectivity index (χ4v) is 2.74. The smallest absolute Gasteiger partial charge is 0.407 e. The van der Waals surface area contributed by atoms with Crippen molar-refractivity contribution in [2.45, 2.75) is 19.4 Å². The fourth-order valence-electron chi connectivity index (χ4n) is 2.74. The van der Waals surface area contributed by atoms with E-state index in [4.69, 9.17) is 16.2 Å². The topological polar surface area (TPSA) is 123 Å². The molecular weight excluding hydrogens is 310 g/mol. The molecule has 1 fully saturated rings. The molecule has 1 heterocycles. The molecule has 0 radical (unpaired) electrons. The predicted octanol–water partition coefficient (Wildman–Crippen LogP) is 0.983. The highest BCUT2D eigenvalue weighted by Crippen LogP contribution is 2.12. The van der Waals surface area contributed by atoms with Gasteiger partial charge in [-0.25, -0.2) is 4.79 Å². The molecule has 24 heavy (non-hydrogen) atoms. The number of amidine groups is 1. The summed E-state index contributed by atoms with van der Waals surface area (Å²) < 4.78 is 0. The van der Waals surface area contributed by atoms with E-state index in [2.05, 4.69) is 10.2 Å². The van der Waals surface area contributed by atoms with E-state index in [1.54, 1.807) is 24.3 Å². The minimum atomic E-state index is -0.895.